The van der Waals surface area contributed by atoms with E-state index in [1.807, 2.05) is 18.2 Å². The molecule has 0 unspecified atom stereocenters. The molecule has 4 nitrogen and oxygen atoms in total. The summed E-state index contributed by atoms with van der Waals surface area (Å²) in [4.78, 5) is 16.4. The lowest BCUT2D eigenvalue weighted by Crippen LogP contribution is -2.33. The van der Waals surface area contributed by atoms with Crippen molar-refractivity contribution < 1.29 is 4.79 Å². The minimum atomic E-state index is -0.0752. The van der Waals surface area contributed by atoms with Crippen molar-refractivity contribution in [3.8, 4) is 0 Å². The molecule has 0 aliphatic heterocycles. The third kappa shape index (κ3) is 3.64. The summed E-state index contributed by atoms with van der Waals surface area (Å²) in [5, 5.41) is 6.32. The van der Waals surface area contributed by atoms with Crippen molar-refractivity contribution >= 4 is 17.3 Å². The van der Waals surface area contributed by atoms with Gasteiger partial charge in [-0.3, -0.25) is 4.79 Å². The molecule has 1 aromatic heterocycles. The lowest BCUT2D eigenvalue weighted by Gasteiger charge is -2.12. The zero-order valence-corrected chi connectivity index (χ0v) is 12.8. The molecule has 1 aliphatic carbocycles. The first-order valence-electron chi connectivity index (χ1n) is 7.81. The first-order valence-corrected chi connectivity index (χ1v) is 7.81. The Morgan fingerprint density at radius 3 is 2.36 bits per heavy atom. The van der Waals surface area contributed by atoms with Crippen LogP contribution >= 0.6 is 0 Å². The Morgan fingerprint density at radius 1 is 1.05 bits per heavy atom. The maximum Gasteiger partial charge on any atom is 0.270 e. The van der Waals surface area contributed by atoms with Crippen molar-refractivity contribution in [2.45, 2.75) is 38.6 Å². The van der Waals surface area contributed by atoms with E-state index in [1.54, 1.807) is 12.3 Å². The van der Waals surface area contributed by atoms with Crippen LogP contribution in [-0.2, 0) is 0 Å². The van der Waals surface area contributed by atoms with Gasteiger partial charge < -0.3 is 10.6 Å². The van der Waals surface area contributed by atoms with Gasteiger partial charge in [-0.1, -0.05) is 30.5 Å². The molecule has 0 atom stereocenters. The second-order valence-electron chi connectivity index (χ2n) is 5.88. The summed E-state index contributed by atoms with van der Waals surface area (Å²) in [7, 11) is 0. The first kappa shape index (κ1) is 14.6. The Labute approximate surface area is 131 Å². The number of amides is 1. The second-order valence-corrected chi connectivity index (χ2v) is 5.88. The van der Waals surface area contributed by atoms with Crippen molar-refractivity contribution in [1.29, 1.82) is 0 Å². The average molecular weight is 295 g/mol. The molecule has 2 N–H and O–H groups in total. The highest BCUT2D eigenvalue weighted by Crippen LogP contribution is 2.19. The summed E-state index contributed by atoms with van der Waals surface area (Å²) in [5.41, 5.74) is 3.58. The molecule has 22 heavy (non-hydrogen) atoms. The quantitative estimate of drug-likeness (QED) is 0.902. The van der Waals surface area contributed by atoms with E-state index in [0.29, 0.717) is 11.7 Å². The van der Waals surface area contributed by atoms with Crippen LogP contribution in [-0.4, -0.2) is 16.9 Å². The fraction of sp³-hybridized carbons (Fsp3) is 0.333. The van der Waals surface area contributed by atoms with Crippen LogP contribution in [0, 0.1) is 6.92 Å². The van der Waals surface area contributed by atoms with Crippen LogP contribution < -0.4 is 10.6 Å². The number of aryl methyl sites for hydroxylation is 1. The van der Waals surface area contributed by atoms with Gasteiger partial charge in [-0.25, -0.2) is 4.98 Å². The molecule has 2 aromatic rings. The van der Waals surface area contributed by atoms with E-state index in [-0.39, 0.29) is 5.91 Å². The van der Waals surface area contributed by atoms with Crippen LogP contribution in [0.25, 0.3) is 0 Å². The summed E-state index contributed by atoms with van der Waals surface area (Å²) in [6.45, 7) is 2.06. The van der Waals surface area contributed by atoms with E-state index in [2.05, 4.69) is 34.7 Å². The molecule has 1 aromatic carbocycles. The lowest BCUT2D eigenvalue weighted by atomic mass is 10.2. The van der Waals surface area contributed by atoms with E-state index >= 15 is 0 Å². The molecular formula is C18H21N3O. The Morgan fingerprint density at radius 2 is 1.73 bits per heavy atom. The minimum absolute atomic E-state index is 0.0752. The van der Waals surface area contributed by atoms with Crippen molar-refractivity contribution in [2.75, 3.05) is 5.32 Å². The number of nitrogens with zero attached hydrogens (tertiary/aromatic N) is 1. The molecule has 0 bridgehead atoms. The fourth-order valence-corrected chi connectivity index (χ4v) is 2.74. The summed E-state index contributed by atoms with van der Waals surface area (Å²) >= 11 is 0. The van der Waals surface area contributed by atoms with Crippen LogP contribution in [0.3, 0.4) is 0 Å². The van der Waals surface area contributed by atoms with Crippen LogP contribution in [0.2, 0.25) is 0 Å². The fourth-order valence-electron chi connectivity index (χ4n) is 2.74. The normalized spacial score (nSPS) is 14.8. The Balaban J connectivity index is 1.61. The molecule has 3 rings (SSSR count). The van der Waals surface area contributed by atoms with Gasteiger partial charge in [-0.05, 0) is 44.0 Å². The SMILES string of the molecule is Cc1ccc(Nc2ccc(C(=O)NC3CCCC3)nc2)cc1. The van der Waals surface area contributed by atoms with Crippen molar-refractivity contribution in [3.63, 3.8) is 0 Å². The number of hydrogen-bond acceptors (Lipinski definition) is 3. The second kappa shape index (κ2) is 6.60. The summed E-state index contributed by atoms with van der Waals surface area (Å²) in [6, 6.07) is 12.1. The summed E-state index contributed by atoms with van der Waals surface area (Å²) < 4.78 is 0. The van der Waals surface area contributed by atoms with E-state index < -0.39 is 0 Å². The maximum atomic E-state index is 12.1. The highest BCUT2D eigenvalue weighted by atomic mass is 16.1. The molecular weight excluding hydrogens is 274 g/mol. The molecule has 0 spiro atoms. The summed E-state index contributed by atoms with van der Waals surface area (Å²) in [5.74, 6) is -0.0752. The highest BCUT2D eigenvalue weighted by Gasteiger charge is 2.18. The first-order chi connectivity index (χ1) is 10.7. The third-order valence-corrected chi connectivity index (χ3v) is 4.03. The number of pyridine rings is 1. The summed E-state index contributed by atoms with van der Waals surface area (Å²) in [6.07, 6.45) is 6.27. The van der Waals surface area contributed by atoms with E-state index in [0.717, 1.165) is 24.2 Å². The van der Waals surface area contributed by atoms with Gasteiger partial charge in [-0.2, -0.15) is 0 Å². The molecule has 0 saturated heterocycles. The molecule has 1 heterocycles. The van der Waals surface area contributed by atoms with E-state index in [1.165, 1.54) is 18.4 Å². The monoisotopic (exact) mass is 295 g/mol. The number of rotatable bonds is 4. The zero-order chi connectivity index (χ0) is 15.4. The van der Waals surface area contributed by atoms with Gasteiger partial charge in [0, 0.05) is 11.7 Å². The number of aromatic nitrogens is 1. The van der Waals surface area contributed by atoms with Crippen LogP contribution in [0.1, 0.15) is 41.7 Å². The topological polar surface area (TPSA) is 54.0 Å². The smallest absolute Gasteiger partial charge is 0.270 e. The van der Waals surface area contributed by atoms with Gasteiger partial charge in [0.05, 0.1) is 11.9 Å². The maximum absolute atomic E-state index is 12.1. The number of anilines is 2. The lowest BCUT2D eigenvalue weighted by molar-refractivity contribution is 0.0933. The number of hydrogen-bond donors (Lipinski definition) is 2. The molecule has 4 heteroatoms. The van der Waals surface area contributed by atoms with E-state index in [9.17, 15) is 4.79 Å². The number of benzene rings is 1. The van der Waals surface area contributed by atoms with Crippen LogP contribution in [0.5, 0.6) is 0 Å². The van der Waals surface area contributed by atoms with Gasteiger partial charge in [0.15, 0.2) is 0 Å². The van der Waals surface area contributed by atoms with Crippen molar-refractivity contribution in [1.82, 2.24) is 10.3 Å². The Kier molecular flexibility index (Phi) is 4.37. The predicted octanol–water partition coefficient (Wildman–Crippen LogP) is 3.81. The minimum Gasteiger partial charge on any atom is -0.354 e. The largest absolute Gasteiger partial charge is 0.354 e. The average Bonchev–Trinajstić information content (AvgIpc) is 3.03. The van der Waals surface area contributed by atoms with Gasteiger partial charge in [0.25, 0.3) is 5.91 Å². The Bertz CT molecular complexity index is 628. The Hall–Kier alpha value is -2.36. The van der Waals surface area contributed by atoms with Crippen LogP contribution in [0.4, 0.5) is 11.4 Å². The zero-order valence-electron chi connectivity index (χ0n) is 12.8. The van der Waals surface area contributed by atoms with Crippen molar-refractivity contribution in [2.24, 2.45) is 0 Å². The number of nitrogens with one attached hydrogen (secondary N) is 2. The van der Waals surface area contributed by atoms with Gasteiger partial charge >= 0.3 is 0 Å². The standard InChI is InChI=1S/C18H21N3O/c1-13-6-8-15(9-7-13)20-16-10-11-17(19-12-16)18(22)21-14-4-2-3-5-14/h6-12,14,20H,2-5H2,1H3,(H,21,22). The van der Waals surface area contributed by atoms with Gasteiger partial charge in [-0.15, -0.1) is 0 Å². The third-order valence-electron chi connectivity index (χ3n) is 4.03. The van der Waals surface area contributed by atoms with E-state index in [4.69, 9.17) is 0 Å². The van der Waals surface area contributed by atoms with Crippen LogP contribution in [0.15, 0.2) is 42.6 Å². The molecule has 1 fully saturated rings. The number of carbonyl (C=O) groups is 1. The van der Waals surface area contributed by atoms with Crippen molar-refractivity contribution in [3.05, 3.63) is 53.9 Å². The molecule has 114 valence electrons. The molecule has 1 saturated carbocycles. The molecule has 1 amide bonds. The van der Waals surface area contributed by atoms with Gasteiger partial charge in [0.1, 0.15) is 5.69 Å². The highest BCUT2D eigenvalue weighted by molar-refractivity contribution is 5.92. The molecule has 0 radical (unpaired) electrons. The predicted molar refractivity (Wildman–Crippen MR) is 88.4 cm³/mol. The number of carbonyl (C=O) groups excluding carboxylic acids is 1. The molecule has 1 aliphatic rings. The van der Waals surface area contributed by atoms with Gasteiger partial charge in [0.2, 0.25) is 0 Å².